The van der Waals surface area contributed by atoms with Crippen LogP contribution in [0, 0.1) is 5.92 Å². The summed E-state index contributed by atoms with van der Waals surface area (Å²) in [6.45, 7) is 9.76. The molecule has 1 saturated carbocycles. The SMILES string of the molecule is CC(C)c1ccc(CN2CCC3(CC2)OCC[C@@](C)(NC(=O)C2CCC2)C3O)cc1. The average molecular weight is 415 g/mol. The lowest BCUT2D eigenvalue weighted by Gasteiger charge is -2.54. The third kappa shape index (κ3) is 4.30. The van der Waals surface area contributed by atoms with Gasteiger partial charge in [0.05, 0.1) is 11.1 Å². The summed E-state index contributed by atoms with van der Waals surface area (Å²) in [6.07, 6.45) is 4.69. The van der Waals surface area contributed by atoms with E-state index in [1.807, 2.05) is 6.92 Å². The van der Waals surface area contributed by atoms with Gasteiger partial charge in [0.25, 0.3) is 0 Å². The standard InChI is InChI=1S/C25H38N2O3/c1-18(2)20-9-7-19(8-10-20)17-27-14-11-25(12-15-27)23(29)24(3,13-16-30-25)26-22(28)21-5-4-6-21/h7-10,18,21,23,29H,4-6,11-17H2,1-3H3,(H,26,28)/t23?,24-/m1/s1. The number of likely N-dealkylation sites (tertiary alicyclic amines) is 1. The van der Waals surface area contributed by atoms with Gasteiger partial charge in [-0.1, -0.05) is 44.5 Å². The number of aliphatic hydroxyl groups is 1. The van der Waals surface area contributed by atoms with E-state index in [0.717, 1.165) is 51.7 Å². The van der Waals surface area contributed by atoms with Crippen molar-refractivity contribution in [1.82, 2.24) is 10.2 Å². The summed E-state index contributed by atoms with van der Waals surface area (Å²) < 4.78 is 6.21. The van der Waals surface area contributed by atoms with E-state index in [4.69, 9.17) is 4.74 Å². The lowest BCUT2D eigenvalue weighted by molar-refractivity contribution is -0.208. The van der Waals surface area contributed by atoms with Gasteiger partial charge in [0.2, 0.25) is 5.91 Å². The Balaban J connectivity index is 1.35. The number of carbonyl (C=O) groups excluding carboxylic acids is 1. The molecule has 4 rings (SSSR count). The molecule has 3 fully saturated rings. The molecule has 0 radical (unpaired) electrons. The molecule has 1 aromatic carbocycles. The summed E-state index contributed by atoms with van der Waals surface area (Å²) in [7, 11) is 0. The highest BCUT2D eigenvalue weighted by atomic mass is 16.5. The van der Waals surface area contributed by atoms with Crippen molar-refractivity contribution in [3.63, 3.8) is 0 Å². The maximum atomic E-state index is 12.6. The highest BCUT2D eigenvalue weighted by Crippen LogP contribution is 2.40. The molecule has 1 spiro atoms. The molecule has 1 aliphatic carbocycles. The summed E-state index contributed by atoms with van der Waals surface area (Å²) >= 11 is 0. The van der Waals surface area contributed by atoms with E-state index in [-0.39, 0.29) is 11.8 Å². The van der Waals surface area contributed by atoms with Crippen LogP contribution in [0.5, 0.6) is 0 Å². The molecular formula is C25H38N2O3. The zero-order valence-corrected chi connectivity index (χ0v) is 18.8. The molecule has 2 atom stereocenters. The topological polar surface area (TPSA) is 61.8 Å². The number of benzene rings is 1. The van der Waals surface area contributed by atoms with Gasteiger partial charge in [0.1, 0.15) is 6.10 Å². The normalized spacial score (nSPS) is 29.7. The van der Waals surface area contributed by atoms with Crippen LogP contribution in [0.25, 0.3) is 0 Å². The largest absolute Gasteiger partial charge is 0.388 e. The van der Waals surface area contributed by atoms with E-state index in [1.165, 1.54) is 11.1 Å². The first-order chi connectivity index (χ1) is 14.3. The summed E-state index contributed by atoms with van der Waals surface area (Å²) in [4.78, 5) is 15.0. The number of rotatable bonds is 5. The summed E-state index contributed by atoms with van der Waals surface area (Å²) in [5.74, 6) is 0.803. The second-order valence-electron chi connectivity index (χ2n) is 10.3. The van der Waals surface area contributed by atoms with Crippen molar-refractivity contribution in [3.8, 4) is 0 Å². The summed E-state index contributed by atoms with van der Waals surface area (Å²) in [5, 5.41) is 14.5. The first-order valence-electron chi connectivity index (χ1n) is 11.8. The van der Waals surface area contributed by atoms with Crippen LogP contribution in [0.4, 0.5) is 0 Å². The predicted octanol–water partition coefficient (Wildman–Crippen LogP) is 3.60. The fourth-order valence-electron chi connectivity index (χ4n) is 5.22. The first-order valence-corrected chi connectivity index (χ1v) is 11.8. The molecule has 1 aromatic rings. The van der Waals surface area contributed by atoms with Crippen LogP contribution >= 0.6 is 0 Å². The first kappa shape index (κ1) is 21.8. The van der Waals surface area contributed by atoms with Crippen molar-refractivity contribution in [2.75, 3.05) is 19.7 Å². The Morgan fingerprint density at radius 1 is 1.20 bits per heavy atom. The predicted molar refractivity (Wildman–Crippen MR) is 118 cm³/mol. The molecule has 0 aromatic heterocycles. The van der Waals surface area contributed by atoms with E-state index in [2.05, 4.69) is 48.3 Å². The number of amides is 1. The number of nitrogens with one attached hydrogen (secondary N) is 1. The zero-order valence-electron chi connectivity index (χ0n) is 18.8. The minimum atomic E-state index is -0.671. The minimum absolute atomic E-state index is 0.113. The maximum Gasteiger partial charge on any atom is 0.223 e. The molecule has 166 valence electrons. The molecule has 2 aliphatic heterocycles. The maximum absolute atomic E-state index is 12.6. The molecule has 2 N–H and O–H groups in total. The number of carbonyl (C=O) groups is 1. The Morgan fingerprint density at radius 2 is 1.87 bits per heavy atom. The van der Waals surface area contributed by atoms with Crippen LogP contribution in [0.2, 0.25) is 0 Å². The van der Waals surface area contributed by atoms with Gasteiger partial charge in [0, 0.05) is 32.2 Å². The molecular weight excluding hydrogens is 376 g/mol. The van der Waals surface area contributed by atoms with Crippen LogP contribution in [0.1, 0.15) is 76.3 Å². The Bertz CT molecular complexity index is 735. The van der Waals surface area contributed by atoms with Gasteiger partial charge < -0.3 is 15.2 Å². The average Bonchev–Trinajstić information content (AvgIpc) is 2.67. The number of hydrogen-bond donors (Lipinski definition) is 2. The van der Waals surface area contributed by atoms with Crippen LogP contribution in [-0.2, 0) is 16.1 Å². The van der Waals surface area contributed by atoms with Crippen molar-refractivity contribution in [1.29, 1.82) is 0 Å². The fraction of sp³-hybridized carbons (Fsp3) is 0.720. The highest BCUT2D eigenvalue weighted by Gasteiger charge is 2.54. The zero-order chi connectivity index (χ0) is 21.4. The van der Waals surface area contributed by atoms with Crippen LogP contribution in [-0.4, -0.2) is 52.9 Å². The number of nitrogens with zero attached hydrogens (tertiary/aromatic N) is 1. The monoisotopic (exact) mass is 414 g/mol. The van der Waals surface area contributed by atoms with Gasteiger partial charge in [-0.25, -0.2) is 0 Å². The number of piperidine rings is 1. The smallest absolute Gasteiger partial charge is 0.223 e. The van der Waals surface area contributed by atoms with Crippen LogP contribution in [0.3, 0.4) is 0 Å². The molecule has 0 bridgehead atoms. The molecule has 30 heavy (non-hydrogen) atoms. The third-order valence-electron chi connectivity index (χ3n) is 7.75. The van der Waals surface area contributed by atoms with E-state index in [0.29, 0.717) is 18.9 Å². The van der Waals surface area contributed by atoms with E-state index >= 15 is 0 Å². The molecule has 5 heteroatoms. The van der Waals surface area contributed by atoms with Gasteiger partial charge in [-0.2, -0.15) is 0 Å². The Labute approximate surface area is 181 Å². The van der Waals surface area contributed by atoms with Crippen molar-refractivity contribution in [2.45, 2.75) is 89.0 Å². The van der Waals surface area contributed by atoms with Gasteiger partial charge in [-0.3, -0.25) is 9.69 Å². The van der Waals surface area contributed by atoms with E-state index in [1.54, 1.807) is 0 Å². The van der Waals surface area contributed by atoms with Crippen LogP contribution in [0.15, 0.2) is 24.3 Å². The molecule has 3 aliphatic rings. The second-order valence-corrected chi connectivity index (χ2v) is 10.3. The number of ether oxygens (including phenoxy) is 1. The quantitative estimate of drug-likeness (QED) is 0.773. The molecule has 1 amide bonds. The highest BCUT2D eigenvalue weighted by molar-refractivity contribution is 5.80. The van der Waals surface area contributed by atoms with Crippen molar-refractivity contribution in [3.05, 3.63) is 35.4 Å². The van der Waals surface area contributed by atoms with Gasteiger partial charge in [0.15, 0.2) is 0 Å². The summed E-state index contributed by atoms with van der Waals surface area (Å²) in [6, 6.07) is 8.93. The molecule has 1 unspecified atom stereocenters. The lowest BCUT2D eigenvalue weighted by Crippen LogP contribution is -2.69. The Hall–Kier alpha value is -1.43. The van der Waals surface area contributed by atoms with E-state index < -0.39 is 17.2 Å². The van der Waals surface area contributed by atoms with Crippen LogP contribution < -0.4 is 5.32 Å². The van der Waals surface area contributed by atoms with Crippen molar-refractivity contribution in [2.24, 2.45) is 5.92 Å². The van der Waals surface area contributed by atoms with Gasteiger partial charge in [-0.05, 0) is 56.1 Å². The Kier molecular flexibility index (Phi) is 6.25. The summed E-state index contributed by atoms with van der Waals surface area (Å²) in [5.41, 5.74) is 1.56. The molecule has 2 saturated heterocycles. The van der Waals surface area contributed by atoms with E-state index in [9.17, 15) is 9.90 Å². The third-order valence-corrected chi connectivity index (χ3v) is 7.75. The molecule has 5 nitrogen and oxygen atoms in total. The minimum Gasteiger partial charge on any atom is -0.388 e. The molecule has 2 heterocycles. The number of hydrogen-bond acceptors (Lipinski definition) is 4. The second kappa shape index (κ2) is 8.60. The fourth-order valence-corrected chi connectivity index (χ4v) is 5.22. The van der Waals surface area contributed by atoms with Gasteiger partial charge in [-0.15, -0.1) is 0 Å². The number of aliphatic hydroxyl groups excluding tert-OH is 1. The van der Waals surface area contributed by atoms with Gasteiger partial charge >= 0.3 is 0 Å². The Morgan fingerprint density at radius 3 is 2.43 bits per heavy atom. The van der Waals surface area contributed by atoms with Crippen molar-refractivity contribution >= 4 is 5.91 Å². The van der Waals surface area contributed by atoms with Crippen molar-refractivity contribution < 1.29 is 14.6 Å². The lowest BCUT2D eigenvalue weighted by atomic mass is 9.72.